The molecular weight excluding hydrogens is 250 g/mol. The minimum Gasteiger partial charge on any atom is -0.342 e. The second kappa shape index (κ2) is 6.10. The van der Waals surface area contributed by atoms with Crippen molar-refractivity contribution in [2.45, 2.75) is 19.3 Å². The molecule has 3 nitrogen and oxygen atoms in total. The fraction of sp³-hybridized carbons (Fsp3) is 0.500. The van der Waals surface area contributed by atoms with E-state index in [-0.39, 0.29) is 17.9 Å². The third-order valence-corrected chi connectivity index (χ3v) is 3.66. The highest BCUT2D eigenvalue weighted by molar-refractivity contribution is 5.78. The van der Waals surface area contributed by atoms with E-state index in [2.05, 4.69) is 0 Å². The molecule has 1 fully saturated rings. The fourth-order valence-electron chi connectivity index (χ4n) is 2.36. The third kappa shape index (κ3) is 3.50. The lowest BCUT2D eigenvalue weighted by Crippen LogP contribution is -2.40. The summed E-state index contributed by atoms with van der Waals surface area (Å²) in [4.78, 5) is 13.8. The first kappa shape index (κ1) is 13.9. The third-order valence-electron chi connectivity index (χ3n) is 3.66. The van der Waals surface area contributed by atoms with Crippen LogP contribution in [0.2, 0.25) is 0 Å². The molecule has 0 aliphatic carbocycles. The number of hydrogen-bond acceptors (Lipinski definition) is 2. The SMILES string of the molecule is NCC1CCN(C(=O)Cc2ccc(F)cc2F)CC1. The quantitative estimate of drug-likeness (QED) is 0.907. The van der Waals surface area contributed by atoms with Gasteiger partial charge in [-0.2, -0.15) is 0 Å². The Labute approximate surface area is 111 Å². The standard InChI is InChI=1S/C14H18F2N2O/c15-12-2-1-11(13(16)8-12)7-14(19)18-5-3-10(9-17)4-6-18/h1-2,8,10H,3-7,9,17H2. The van der Waals surface area contributed by atoms with E-state index in [0.29, 0.717) is 25.6 Å². The van der Waals surface area contributed by atoms with Crippen molar-refractivity contribution >= 4 is 5.91 Å². The minimum atomic E-state index is -0.662. The van der Waals surface area contributed by atoms with Crippen molar-refractivity contribution in [2.24, 2.45) is 11.7 Å². The number of rotatable bonds is 3. The van der Waals surface area contributed by atoms with Crippen molar-refractivity contribution in [2.75, 3.05) is 19.6 Å². The van der Waals surface area contributed by atoms with Gasteiger partial charge in [-0.3, -0.25) is 4.79 Å². The summed E-state index contributed by atoms with van der Waals surface area (Å²) in [5, 5.41) is 0. The number of benzene rings is 1. The van der Waals surface area contributed by atoms with Gasteiger partial charge >= 0.3 is 0 Å². The van der Waals surface area contributed by atoms with Gasteiger partial charge in [-0.1, -0.05) is 6.07 Å². The summed E-state index contributed by atoms with van der Waals surface area (Å²) < 4.78 is 26.2. The average molecular weight is 268 g/mol. The van der Waals surface area contributed by atoms with Crippen molar-refractivity contribution in [3.8, 4) is 0 Å². The summed E-state index contributed by atoms with van der Waals surface area (Å²) in [6.07, 6.45) is 1.78. The van der Waals surface area contributed by atoms with Crippen LogP contribution in [-0.2, 0) is 11.2 Å². The van der Waals surface area contributed by atoms with Gasteiger partial charge in [0.15, 0.2) is 0 Å². The molecule has 0 saturated carbocycles. The number of likely N-dealkylation sites (tertiary alicyclic amines) is 1. The summed E-state index contributed by atoms with van der Waals surface area (Å²) in [5.74, 6) is -0.921. The van der Waals surface area contributed by atoms with E-state index in [9.17, 15) is 13.6 Å². The molecule has 0 spiro atoms. The highest BCUT2D eigenvalue weighted by atomic mass is 19.1. The van der Waals surface area contributed by atoms with E-state index >= 15 is 0 Å². The van der Waals surface area contributed by atoms with Crippen molar-refractivity contribution in [3.63, 3.8) is 0 Å². The molecule has 1 aliphatic heterocycles. The Morgan fingerprint density at radius 3 is 2.58 bits per heavy atom. The summed E-state index contributed by atoms with van der Waals surface area (Å²) in [7, 11) is 0. The predicted molar refractivity (Wildman–Crippen MR) is 68.4 cm³/mol. The molecule has 0 radical (unpaired) electrons. The van der Waals surface area contributed by atoms with Gasteiger partial charge in [0.2, 0.25) is 5.91 Å². The fourth-order valence-corrected chi connectivity index (χ4v) is 2.36. The largest absolute Gasteiger partial charge is 0.342 e. The second-order valence-electron chi connectivity index (χ2n) is 4.97. The number of nitrogens with zero attached hydrogens (tertiary/aromatic N) is 1. The van der Waals surface area contributed by atoms with E-state index in [1.165, 1.54) is 12.1 Å². The van der Waals surface area contributed by atoms with Gasteiger partial charge in [0.05, 0.1) is 6.42 Å². The van der Waals surface area contributed by atoms with E-state index < -0.39 is 11.6 Å². The molecule has 0 aromatic heterocycles. The lowest BCUT2D eigenvalue weighted by molar-refractivity contribution is -0.131. The van der Waals surface area contributed by atoms with Gasteiger partial charge in [0.25, 0.3) is 0 Å². The van der Waals surface area contributed by atoms with Crippen LogP contribution in [0.4, 0.5) is 8.78 Å². The van der Waals surface area contributed by atoms with E-state index in [1.807, 2.05) is 0 Å². The lowest BCUT2D eigenvalue weighted by Gasteiger charge is -2.31. The van der Waals surface area contributed by atoms with Crippen molar-refractivity contribution in [1.82, 2.24) is 4.90 Å². The summed E-state index contributed by atoms with van der Waals surface area (Å²) in [6, 6.07) is 3.31. The molecule has 1 saturated heterocycles. The number of halogens is 2. The summed E-state index contributed by atoms with van der Waals surface area (Å²) >= 11 is 0. The number of piperidine rings is 1. The molecule has 0 atom stereocenters. The molecule has 2 N–H and O–H groups in total. The monoisotopic (exact) mass is 268 g/mol. The van der Waals surface area contributed by atoms with Crippen LogP contribution < -0.4 is 5.73 Å². The van der Waals surface area contributed by atoms with Gasteiger partial charge in [0.1, 0.15) is 11.6 Å². The Balaban J connectivity index is 1.94. The van der Waals surface area contributed by atoms with E-state index in [0.717, 1.165) is 18.9 Å². The number of carbonyl (C=O) groups is 1. The Kier molecular flexibility index (Phi) is 4.47. The van der Waals surface area contributed by atoms with Crippen LogP contribution in [0.15, 0.2) is 18.2 Å². The highest BCUT2D eigenvalue weighted by Crippen LogP contribution is 2.18. The zero-order valence-electron chi connectivity index (χ0n) is 10.7. The second-order valence-corrected chi connectivity index (χ2v) is 4.97. The van der Waals surface area contributed by atoms with E-state index in [1.54, 1.807) is 4.90 Å². The average Bonchev–Trinajstić information content (AvgIpc) is 2.42. The Bertz CT molecular complexity index is 457. The zero-order valence-corrected chi connectivity index (χ0v) is 10.7. The summed E-state index contributed by atoms with van der Waals surface area (Å²) in [5.41, 5.74) is 5.84. The maximum atomic E-state index is 13.5. The van der Waals surface area contributed by atoms with E-state index in [4.69, 9.17) is 5.73 Å². The molecule has 1 aromatic rings. The van der Waals surface area contributed by atoms with Gasteiger partial charge in [-0.15, -0.1) is 0 Å². The first-order chi connectivity index (χ1) is 9.10. The number of hydrogen-bond donors (Lipinski definition) is 1. The van der Waals surface area contributed by atoms with Crippen molar-refractivity contribution in [1.29, 1.82) is 0 Å². The smallest absolute Gasteiger partial charge is 0.227 e. The van der Waals surface area contributed by atoms with Crippen LogP contribution in [0.1, 0.15) is 18.4 Å². The molecule has 0 bridgehead atoms. The van der Waals surface area contributed by atoms with Crippen LogP contribution in [0, 0.1) is 17.6 Å². The maximum Gasteiger partial charge on any atom is 0.227 e. The van der Waals surface area contributed by atoms with Crippen LogP contribution in [0.3, 0.4) is 0 Å². The van der Waals surface area contributed by atoms with Gasteiger partial charge < -0.3 is 10.6 Å². The van der Waals surface area contributed by atoms with Crippen LogP contribution in [0.5, 0.6) is 0 Å². The Morgan fingerprint density at radius 1 is 1.32 bits per heavy atom. The van der Waals surface area contributed by atoms with Crippen molar-refractivity contribution < 1.29 is 13.6 Å². The Morgan fingerprint density at radius 2 is 2.00 bits per heavy atom. The van der Waals surface area contributed by atoms with Crippen molar-refractivity contribution in [3.05, 3.63) is 35.4 Å². The van der Waals surface area contributed by atoms with Crippen LogP contribution in [0.25, 0.3) is 0 Å². The predicted octanol–water partition coefficient (Wildman–Crippen LogP) is 1.70. The molecule has 1 heterocycles. The van der Waals surface area contributed by atoms with Crippen LogP contribution in [-0.4, -0.2) is 30.4 Å². The highest BCUT2D eigenvalue weighted by Gasteiger charge is 2.22. The molecule has 2 rings (SSSR count). The molecule has 1 aromatic carbocycles. The minimum absolute atomic E-state index is 0.0145. The van der Waals surface area contributed by atoms with Gasteiger partial charge in [-0.25, -0.2) is 8.78 Å². The normalized spacial score (nSPS) is 16.7. The lowest BCUT2D eigenvalue weighted by atomic mass is 9.96. The molecule has 104 valence electrons. The van der Waals surface area contributed by atoms with Gasteiger partial charge in [-0.05, 0) is 36.9 Å². The molecule has 0 unspecified atom stereocenters. The maximum absolute atomic E-state index is 13.5. The Hall–Kier alpha value is -1.49. The molecule has 5 heteroatoms. The molecule has 19 heavy (non-hydrogen) atoms. The zero-order chi connectivity index (χ0) is 13.8. The number of amides is 1. The molecule has 1 amide bonds. The number of nitrogens with two attached hydrogens (primary N) is 1. The molecule has 1 aliphatic rings. The first-order valence-electron chi connectivity index (χ1n) is 6.52. The summed E-state index contributed by atoms with van der Waals surface area (Å²) in [6.45, 7) is 1.99. The molecular formula is C14H18F2N2O. The first-order valence-corrected chi connectivity index (χ1v) is 6.52. The van der Waals surface area contributed by atoms with Crippen LogP contribution >= 0.6 is 0 Å². The number of carbonyl (C=O) groups excluding carboxylic acids is 1. The van der Waals surface area contributed by atoms with Gasteiger partial charge in [0, 0.05) is 19.2 Å². The topological polar surface area (TPSA) is 46.3 Å².